The van der Waals surface area contributed by atoms with Gasteiger partial charge < -0.3 is 10.5 Å². The first-order valence-electron chi connectivity index (χ1n) is 8.52. The minimum absolute atomic E-state index is 0.152. The lowest BCUT2D eigenvalue weighted by molar-refractivity contribution is -0.117. The first kappa shape index (κ1) is 19.4. The predicted octanol–water partition coefficient (Wildman–Crippen LogP) is 3.29. The van der Waals surface area contributed by atoms with Crippen molar-refractivity contribution in [3.05, 3.63) is 45.1 Å². The first-order chi connectivity index (χ1) is 12.9. The van der Waals surface area contributed by atoms with Crippen molar-refractivity contribution in [2.75, 3.05) is 7.11 Å². The van der Waals surface area contributed by atoms with E-state index < -0.39 is 11.2 Å². The van der Waals surface area contributed by atoms with Crippen molar-refractivity contribution in [3.63, 3.8) is 0 Å². The van der Waals surface area contributed by atoms with Crippen LogP contribution in [-0.2, 0) is 11.2 Å². The second-order valence-corrected chi connectivity index (χ2v) is 8.47. The average molecular weight is 404 g/mol. The molecule has 1 amide bonds. The molecule has 0 spiro atoms. The number of methoxy groups -OCH3 is 1. The van der Waals surface area contributed by atoms with E-state index in [0.717, 1.165) is 16.9 Å². The fourth-order valence-electron chi connectivity index (χ4n) is 2.82. The van der Waals surface area contributed by atoms with Gasteiger partial charge in [0.1, 0.15) is 10.6 Å². The van der Waals surface area contributed by atoms with Crippen LogP contribution in [0.25, 0.3) is 15.9 Å². The van der Waals surface area contributed by atoms with Gasteiger partial charge in [-0.05, 0) is 38.0 Å². The Morgan fingerprint density at radius 1 is 1.44 bits per heavy atom. The summed E-state index contributed by atoms with van der Waals surface area (Å²) >= 11 is 2.70. The number of benzene rings is 1. The van der Waals surface area contributed by atoms with Gasteiger partial charge in [0.15, 0.2) is 5.16 Å². The van der Waals surface area contributed by atoms with Gasteiger partial charge in [0.05, 0.1) is 23.4 Å². The van der Waals surface area contributed by atoms with Crippen LogP contribution < -0.4 is 16.0 Å². The SMILES string of the molecule is CCc1sc2nc(S[C@@H](C)C(N)=O)n(-c3cccc(OC)c3)c(=O)c2c1C. The van der Waals surface area contributed by atoms with Gasteiger partial charge in [0, 0.05) is 10.9 Å². The van der Waals surface area contributed by atoms with Gasteiger partial charge in [-0.25, -0.2) is 4.98 Å². The number of nitrogens with zero attached hydrogens (tertiary/aromatic N) is 2. The van der Waals surface area contributed by atoms with E-state index in [4.69, 9.17) is 15.5 Å². The van der Waals surface area contributed by atoms with Gasteiger partial charge >= 0.3 is 0 Å². The van der Waals surface area contributed by atoms with E-state index in [2.05, 4.69) is 6.92 Å². The minimum atomic E-state index is -0.516. The number of nitrogens with two attached hydrogens (primary N) is 1. The van der Waals surface area contributed by atoms with Crippen LogP contribution in [0, 0.1) is 6.92 Å². The van der Waals surface area contributed by atoms with E-state index in [9.17, 15) is 9.59 Å². The topological polar surface area (TPSA) is 87.2 Å². The standard InChI is InChI=1S/C19H21N3O3S2/c1-5-14-10(2)15-17(27-14)21-19(26-11(3)16(20)23)22(18(15)24)12-7-6-8-13(9-12)25-4/h6-9,11H,5H2,1-4H3,(H2,20,23)/t11-/m0/s1. The van der Waals surface area contributed by atoms with E-state index in [1.807, 2.05) is 25.1 Å². The Labute approximate surface area is 165 Å². The number of aromatic nitrogens is 2. The summed E-state index contributed by atoms with van der Waals surface area (Å²) < 4.78 is 6.83. The number of primary amides is 1. The molecule has 0 bridgehead atoms. The molecule has 0 aliphatic rings. The van der Waals surface area contributed by atoms with Gasteiger partial charge in [0.25, 0.3) is 5.56 Å². The molecule has 3 rings (SSSR count). The van der Waals surface area contributed by atoms with E-state index in [1.165, 1.54) is 27.7 Å². The molecule has 0 fully saturated rings. The molecule has 1 aromatic carbocycles. The smallest absolute Gasteiger partial charge is 0.267 e. The number of thiophene rings is 1. The highest BCUT2D eigenvalue weighted by Gasteiger charge is 2.21. The molecule has 27 heavy (non-hydrogen) atoms. The molecule has 2 heterocycles. The summed E-state index contributed by atoms with van der Waals surface area (Å²) in [7, 11) is 1.57. The molecule has 142 valence electrons. The van der Waals surface area contributed by atoms with Crippen molar-refractivity contribution in [1.82, 2.24) is 9.55 Å². The molecule has 0 saturated heterocycles. The summed E-state index contributed by atoms with van der Waals surface area (Å²) in [6.45, 7) is 5.72. The highest BCUT2D eigenvalue weighted by Crippen LogP contribution is 2.32. The molecular formula is C19H21N3O3S2. The predicted molar refractivity (Wildman–Crippen MR) is 110 cm³/mol. The lowest BCUT2D eigenvalue weighted by Gasteiger charge is -2.15. The Balaban J connectivity index is 2.33. The molecule has 0 aliphatic heterocycles. The van der Waals surface area contributed by atoms with Crippen LogP contribution in [0.3, 0.4) is 0 Å². The number of carbonyl (C=O) groups excluding carboxylic acids is 1. The summed E-state index contributed by atoms with van der Waals surface area (Å²) in [4.78, 5) is 31.5. The number of ether oxygens (including phenoxy) is 1. The normalized spacial score (nSPS) is 12.3. The molecule has 1 atom stereocenters. The highest BCUT2D eigenvalue weighted by atomic mass is 32.2. The van der Waals surface area contributed by atoms with Gasteiger partial charge in [-0.2, -0.15) is 0 Å². The Kier molecular flexibility index (Phi) is 5.57. The third-order valence-electron chi connectivity index (χ3n) is 4.35. The Bertz CT molecular complexity index is 1070. The van der Waals surface area contributed by atoms with Crippen LogP contribution in [-0.4, -0.2) is 27.8 Å². The second-order valence-electron chi connectivity index (χ2n) is 6.08. The zero-order valence-corrected chi connectivity index (χ0v) is 17.2. The summed E-state index contributed by atoms with van der Waals surface area (Å²) in [5.41, 5.74) is 6.87. The molecular weight excluding hydrogens is 382 g/mol. The Morgan fingerprint density at radius 2 is 2.19 bits per heavy atom. The Morgan fingerprint density at radius 3 is 2.81 bits per heavy atom. The zero-order valence-electron chi connectivity index (χ0n) is 15.6. The number of amides is 1. The average Bonchev–Trinajstić information content (AvgIpc) is 2.97. The lowest BCUT2D eigenvalue weighted by Crippen LogP contribution is -2.26. The molecule has 8 heteroatoms. The number of rotatable bonds is 6. The largest absolute Gasteiger partial charge is 0.497 e. The van der Waals surface area contributed by atoms with Gasteiger partial charge in [0.2, 0.25) is 5.91 Å². The van der Waals surface area contributed by atoms with Crippen molar-refractivity contribution < 1.29 is 9.53 Å². The number of carbonyl (C=O) groups is 1. The Hall–Kier alpha value is -2.32. The quantitative estimate of drug-likeness (QED) is 0.504. The molecule has 0 aliphatic carbocycles. The number of aryl methyl sites for hydroxylation is 2. The third-order valence-corrected chi connectivity index (χ3v) is 6.75. The molecule has 2 N–H and O–H groups in total. The fraction of sp³-hybridized carbons (Fsp3) is 0.316. The zero-order chi connectivity index (χ0) is 19.7. The number of thioether (sulfide) groups is 1. The molecule has 6 nitrogen and oxygen atoms in total. The molecule has 2 aromatic heterocycles. The maximum atomic E-state index is 13.4. The molecule has 0 unspecified atom stereocenters. The maximum Gasteiger partial charge on any atom is 0.267 e. The van der Waals surface area contributed by atoms with Crippen LogP contribution in [0.2, 0.25) is 0 Å². The van der Waals surface area contributed by atoms with Crippen LogP contribution in [0.1, 0.15) is 24.3 Å². The maximum absolute atomic E-state index is 13.4. The van der Waals surface area contributed by atoms with Crippen molar-refractivity contribution in [1.29, 1.82) is 0 Å². The van der Waals surface area contributed by atoms with Crippen molar-refractivity contribution in [2.24, 2.45) is 5.73 Å². The van der Waals surface area contributed by atoms with E-state index >= 15 is 0 Å². The highest BCUT2D eigenvalue weighted by molar-refractivity contribution is 8.00. The number of hydrogen-bond donors (Lipinski definition) is 1. The van der Waals surface area contributed by atoms with Crippen molar-refractivity contribution in [3.8, 4) is 11.4 Å². The summed E-state index contributed by atoms with van der Waals surface area (Å²) in [6.07, 6.45) is 0.839. The van der Waals surface area contributed by atoms with Crippen LogP contribution in [0.15, 0.2) is 34.2 Å². The minimum Gasteiger partial charge on any atom is -0.497 e. The van der Waals surface area contributed by atoms with E-state index in [1.54, 1.807) is 20.1 Å². The van der Waals surface area contributed by atoms with E-state index in [0.29, 0.717) is 26.8 Å². The number of fused-ring (bicyclic) bond motifs is 1. The molecule has 0 radical (unpaired) electrons. The fourth-order valence-corrected chi connectivity index (χ4v) is 4.86. The summed E-state index contributed by atoms with van der Waals surface area (Å²) in [6, 6.07) is 7.22. The van der Waals surface area contributed by atoms with Crippen molar-refractivity contribution in [2.45, 2.75) is 37.6 Å². The third kappa shape index (κ3) is 3.59. The lowest BCUT2D eigenvalue weighted by atomic mass is 10.2. The van der Waals surface area contributed by atoms with Crippen molar-refractivity contribution >= 4 is 39.2 Å². The van der Waals surface area contributed by atoms with Gasteiger partial charge in [-0.3, -0.25) is 14.2 Å². The van der Waals surface area contributed by atoms with Crippen LogP contribution in [0.5, 0.6) is 5.75 Å². The summed E-state index contributed by atoms with van der Waals surface area (Å²) in [5.74, 6) is 0.179. The number of hydrogen-bond acceptors (Lipinski definition) is 6. The monoisotopic (exact) mass is 403 g/mol. The second kappa shape index (κ2) is 7.74. The summed E-state index contributed by atoms with van der Waals surface area (Å²) in [5, 5.41) is 0.546. The van der Waals surface area contributed by atoms with E-state index in [-0.39, 0.29) is 5.56 Å². The van der Waals surface area contributed by atoms with Gasteiger partial charge in [-0.1, -0.05) is 24.8 Å². The molecule has 0 saturated carbocycles. The molecule has 3 aromatic rings. The van der Waals surface area contributed by atoms with Crippen LogP contribution >= 0.6 is 23.1 Å². The van der Waals surface area contributed by atoms with Crippen LogP contribution in [0.4, 0.5) is 0 Å². The van der Waals surface area contributed by atoms with Gasteiger partial charge in [-0.15, -0.1) is 11.3 Å². The first-order valence-corrected chi connectivity index (χ1v) is 10.2.